The first kappa shape index (κ1) is 15.6. The molecule has 1 heterocycles. The molecule has 110 valence electrons. The number of hydrogen-bond acceptors (Lipinski definition) is 3. The first-order valence-electron chi connectivity index (χ1n) is 6.94. The van der Waals surface area contributed by atoms with E-state index in [1.54, 1.807) is 0 Å². The van der Waals surface area contributed by atoms with Crippen molar-refractivity contribution < 1.29 is 0 Å². The van der Waals surface area contributed by atoms with Crippen LogP contribution in [0.15, 0.2) is 24.3 Å². The number of hydrogen-bond donors (Lipinski definition) is 0. The molecule has 21 heavy (non-hydrogen) atoms. The molecule has 0 spiro atoms. The van der Waals surface area contributed by atoms with Crippen molar-refractivity contribution in [2.24, 2.45) is 0 Å². The number of nitriles is 1. The number of nitrogens with zero attached hydrogens (tertiary/aromatic N) is 4. The zero-order valence-corrected chi connectivity index (χ0v) is 13.4. The summed E-state index contributed by atoms with van der Waals surface area (Å²) in [6.45, 7) is 6.28. The third-order valence-corrected chi connectivity index (χ3v) is 3.87. The number of aromatic nitrogens is 2. The molecule has 0 fully saturated rings. The zero-order valence-electron chi connectivity index (χ0n) is 12.6. The van der Waals surface area contributed by atoms with E-state index in [0.29, 0.717) is 5.56 Å². The van der Waals surface area contributed by atoms with Gasteiger partial charge in [-0.1, -0.05) is 23.7 Å². The molecule has 0 aliphatic carbocycles. The highest BCUT2D eigenvalue weighted by molar-refractivity contribution is 6.31. The lowest BCUT2D eigenvalue weighted by Crippen LogP contribution is -2.20. The lowest BCUT2D eigenvalue weighted by molar-refractivity contribution is 0.307. The van der Waals surface area contributed by atoms with Crippen molar-refractivity contribution in [1.29, 1.82) is 5.26 Å². The molecule has 0 unspecified atom stereocenters. The Bertz CT molecular complexity index is 669. The molecular weight excluding hydrogens is 284 g/mol. The van der Waals surface area contributed by atoms with E-state index in [-0.39, 0.29) is 0 Å². The predicted molar refractivity (Wildman–Crippen MR) is 84.0 cm³/mol. The molecule has 2 aromatic rings. The summed E-state index contributed by atoms with van der Waals surface area (Å²) in [4.78, 5) is 2.17. The van der Waals surface area contributed by atoms with Crippen molar-refractivity contribution >= 4 is 11.6 Å². The molecule has 1 aromatic carbocycles. The second-order valence-corrected chi connectivity index (χ2v) is 5.52. The normalized spacial score (nSPS) is 10.9. The Balaban J connectivity index is 2.11. The van der Waals surface area contributed by atoms with Gasteiger partial charge in [0.25, 0.3) is 0 Å². The molecule has 0 bridgehead atoms. The highest BCUT2D eigenvalue weighted by atomic mass is 35.5. The summed E-state index contributed by atoms with van der Waals surface area (Å²) in [5.41, 5.74) is 3.71. The SMILES string of the molecule is CCn1nc(C)c(Cl)c1CN(C)Cc1cccc(C#N)c1. The van der Waals surface area contributed by atoms with Gasteiger partial charge in [0.15, 0.2) is 0 Å². The monoisotopic (exact) mass is 302 g/mol. The van der Waals surface area contributed by atoms with E-state index in [2.05, 4.69) is 23.0 Å². The Labute approximate surface area is 130 Å². The summed E-state index contributed by atoms with van der Waals surface area (Å²) in [5.74, 6) is 0. The van der Waals surface area contributed by atoms with Gasteiger partial charge in [0.05, 0.1) is 28.0 Å². The van der Waals surface area contributed by atoms with E-state index in [4.69, 9.17) is 16.9 Å². The molecule has 0 saturated heterocycles. The van der Waals surface area contributed by atoms with Gasteiger partial charge >= 0.3 is 0 Å². The minimum absolute atomic E-state index is 0.688. The summed E-state index contributed by atoms with van der Waals surface area (Å²) in [5, 5.41) is 14.1. The molecule has 0 atom stereocenters. The third kappa shape index (κ3) is 3.63. The highest BCUT2D eigenvalue weighted by Gasteiger charge is 2.14. The van der Waals surface area contributed by atoms with Crippen LogP contribution in [0.25, 0.3) is 0 Å². The Kier molecular flexibility index (Phi) is 5.00. The van der Waals surface area contributed by atoms with Crippen LogP contribution in [-0.2, 0) is 19.6 Å². The van der Waals surface area contributed by atoms with Crippen LogP contribution in [0, 0.1) is 18.3 Å². The summed E-state index contributed by atoms with van der Waals surface area (Å²) < 4.78 is 1.94. The maximum atomic E-state index is 8.95. The Morgan fingerprint density at radius 2 is 2.14 bits per heavy atom. The van der Waals surface area contributed by atoms with Gasteiger partial charge in [-0.25, -0.2) is 0 Å². The Morgan fingerprint density at radius 1 is 1.38 bits per heavy atom. The summed E-state index contributed by atoms with van der Waals surface area (Å²) >= 11 is 6.33. The second-order valence-electron chi connectivity index (χ2n) is 5.15. The molecule has 4 nitrogen and oxygen atoms in total. The summed E-state index contributed by atoms with van der Waals surface area (Å²) in [6.07, 6.45) is 0. The minimum Gasteiger partial charge on any atom is -0.296 e. The third-order valence-electron chi connectivity index (χ3n) is 3.38. The molecule has 1 aromatic heterocycles. The van der Waals surface area contributed by atoms with E-state index < -0.39 is 0 Å². The average Bonchev–Trinajstić information content (AvgIpc) is 2.75. The minimum atomic E-state index is 0.688. The molecule has 2 rings (SSSR count). The first-order chi connectivity index (χ1) is 10.0. The van der Waals surface area contributed by atoms with Crippen molar-refractivity contribution in [3.05, 3.63) is 51.8 Å². The summed E-state index contributed by atoms with van der Waals surface area (Å²) in [6, 6.07) is 9.84. The number of aryl methyl sites for hydroxylation is 2. The molecule has 0 aliphatic heterocycles. The van der Waals surface area contributed by atoms with E-state index in [0.717, 1.165) is 41.6 Å². The van der Waals surface area contributed by atoms with Crippen molar-refractivity contribution in [1.82, 2.24) is 14.7 Å². The number of rotatable bonds is 5. The number of benzene rings is 1. The molecule has 0 N–H and O–H groups in total. The standard InChI is InChI=1S/C16H19ClN4/c1-4-21-15(16(17)12(2)19-21)11-20(3)10-14-7-5-6-13(8-14)9-18/h5-8H,4,10-11H2,1-3H3. The van der Waals surface area contributed by atoms with E-state index in [1.165, 1.54) is 0 Å². The van der Waals surface area contributed by atoms with Gasteiger partial charge in [-0.15, -0.1) is 0 Å². The fourth-order valence-corrected chi connectivity index (χ4v) is 2.58. The smallest absolute Gasteiger partial charge is 0.0991 e. The van der Waals surface area contributed by atoms with Gasteiger partial charge in [-0.3, -0.25) is 9.58 Å². The Morgan fingerprint density at radius 3 is 2.81 bits per heavy atom. The van der Waals surface area contributed by atoms with Gasteiger partial charge in [0.1, 0.15) is 0 Å². The average molecular weight is 303 g/mol. The topological polar surface area (TPSA) is 44.9 Å². The van der Waals surface area contributed by atoms with Crippen molar-refractivity contribution in [3.63, 3.8) is 0 Å². The lowest BCUT2D eigenvalue weighted by atomic mass is 10.1. The van der Waals surface area contributed by atoms with Crippen molar-refractivity contribution in [2.75, 3.05) is 7.05 Å². The van der Waals surface area contributed by atoms with Crippen LogP contribution in [0.3, 0.4) is 0 Å². The second kappa shape index (κ2) is 6.75. The predicted octanol–water partition coefficient (Wildman–Crippen LogP) is 3.37. The molecule has 0 saturated carbocycles. The van der Waals surface area contributed by atoms with Gasteiger partial charge in [-0.2, -0.15) is 10.4 Å². The molecular formula is C16H19ClN4. The van der Waals surface area contributed by atoms with Crippen LogP contribution in [0.5, 0.6) is 0 Å². The van der Waals surface area contributed by atoms with E-state index in [1.807, 2.05) is 42.9 Å². The van der Waals surface area contributed by atoms with Gasteiger partial charge in [-0.05, 0) is 38.6 Å². The van der Waals surface area contributed by atoms with Crippen LogP contribution in [0.2, 0.25) is 5.02 Å². The maximum absolute atomic E-state index is 8.95. The lowest BCUT2D eigenvalue weighted by Gasteiger charge is -2.17. The maximum Gasteiger partial charge on any atom is 0.0991 e. The fraction of sp³-hybridized carbons (Fsp3) is 0.375. The summed E-state index contributed by atoms with van der Waals surface area (Å²) in [7, 11) is 2.04. The molecule has 0 aliphatic rings. The van der Waals surface area contributed by atoms with Gasteiger partial charge in [0, 0.05) is 19.6 Å². The van der Waals surface area contributed by atoms with E-state index >= 15 is 0 Å². The van der Waals surface area contributed by atoms with E-state index in [9.17, 15) is 0 Å². The fourth-order valence-electron chi connectivity index (χ4n) is 2.38. The zero-order chi connectivity index (χ0) is 15.4. The van der Waals surface area contributed by atoms with Crippen LogP contribution >= 0.6 is 11.6 Å². The molecule has 5 heteroatoms. The van der Waals surface area contributed by atoms with Crippen LogP contribution in [0.1, 0.15) is 29.4 Å². The molecule has 0 amide bonds. The first-order valence-corrected chi connectivity index (χ1v) is 7.32. The quantitative estimate of drug-likeness (QED) is 0.850. The van der Waals surface area contributed by atoms with Crippen LogP contribution < -0.4 is 0 Å². The highest BCUT2D eigenvalue weighted by Crippen LogP contribution is 2.22. The number of halogens is 1. The molecule has 0 radical (unpaired) electrons. The van der Waals surface area contributed by atoms with Crippen molar-refractivity contribution in [2.45, 2.75) is 33.5 Å². The Hall–Kier alpha value is -1.83. The van der Waals surface area contributed by atoms with Gasteiger partial charge < -0.3 is 0 Å². The largest absolute Gasteiger partial charge is 0.296 e. The van der Waals surface area contributed by atoms with Crippen LogP contribution in [0.4, 0.5) is 0 Å². The van der Waals surface area contributed by atoms with Crippen molar-refractivity contribution in [3.8, 4) is 6.07 Å². The van der Waals surface area contributed by atoms with Gasteiger partial charge in [0.2, 0.25) is 0 Å². The van der Waals surface area contributed by atoms with Crippen LogP contribution in [-0.4, -0.2) is 21.7 Å².